The number of benzene rings is 1. The fourth-order valence-electron chi connectivity index (χ4n) is 2.14. The third-order valence-corrected chi connectivity index (χ3v) is 3.20. The minimum atomic E-state index is -0.326. The lowest BCUT2D eigenvalue weighted by atomic mass is 10.1. The Kier molecular flexibility index (Phi) is 4.13. The van der Waals surface area contributed by atoms with Gasteiger partial charge >= 0.3 is 5.97 Å². The molecule has 0 radical (unpaired) electrons. The van der Waals surface area contributed by atoms with Gasteiger partial charge in [-0.15, -0.1) is 0 Å². The molecule has 4 heteroatoms. The first kappa shape index (κ1) is 14.2. The zero-order valence-corrected chi connectivity index (χ0v) is 12.2. The van der Waals surface area contributed by atoms with E-state index in [1.807, 2.05) is 54.9 Å². The Morgan fingerprint density at radius 2 is 1.90 bits per heavy atom. The minimum Gasteiger partial charge on any atom is -0.497 e. The quantitative estimate of drug-likeness (QED) is 0.800. The lowest BCUT2D eigenvalue weighted by Crippen LogP contribution is -2.11. The van der Waals surface area contributed by atoms with E-state index in [-0.39, 0.29) is 12.0 Å². The highest BCUT2D eigenvalue weighted by Crippen LogP contribution is 2.27. The number of carbonyl (C=O) groups is 1. The molecule has 0 aliphatic rings. The second-order valence-electron chi connectivity index (χ2n) is 4.84. The van der Waals surface area contributed by atoms with Crippen molar-refractivity contribution >= 4 is 5.97 Å². The van der Waals surface area contributed by atoms with E-state index in [9.17, 15) is 4.79 Å². The van der Waals surface area contributed by atoms with Gasteiger partial charge in [0.2, 0.25) is 0 Å². The van der Waals surface area contributed by atoms with E-state index in [1.54, 1.807) is 7.11 Å². The summed E-state index contributed by atoms with van der Waals surface area (Å²) in [4.78, 5) is 11.8. The molecule has 0 spiro atoms. The first-order valence-electron chi connectivity index (χ1n) is 6.51. The number of ether oxygens (including phenoxy) is 2. The number of esters is 1. The average Bonchev–Trinajstić information content (AvgIpc) is 2.92. The molecule has 0 N–H and O–H groups in total. The van der Waals surface area contributed by atoms with Crippen molar-refractivity contribution in [3.05, 3.63) is 42.2 Å². The monoisotopic (exact) mass is 273 g/mol. The molecule has 106 valence electrons. The highest BCUT2D eigenvalue weighted by atomic mass is 16.5. The Balaban J connectivity index is 2.49. The zero-order chi connectivity index (χ0) is 14.7. The van der Waals surface area contributed by atoms with Gasteiger partial charge in [-0.25, -0.2) is 4.79 Å². The summed E-state index contributed by atoms with van der Waals surface area (Å²) in [6.07, 6.45) is 1.96. The molecular weight excluding hydrogens is 254 g/mol. The largest absolute Gasteiger partial charge is 0.497 e. The summed E-state index contributed by atoms with van der Waals surface area (Å²) in [5, 5.41) is 0. The summed E-state index contributed by atoms with van der Waals surface area (Å²) in [7, 11) is 3.03. The van der Waals surface area contributed by atoms with Crippen LogP contribution in [0.2, 0.25) is 0 Å². The van der Waals surface area contributed by atoms with E-state index >= 15 is 0 Å². The Morgan fingerprint density at radius 3 is 2.50 bits per heavy atom. The highest BCUT2D eigenvalue weighted by Gasteiger charge is 2.16. The molecule has 4 nitrogen and oxygen atoms in total. The number of hydrogen-bond donors (Lipinski definition) is 0. The molecule has 20 heavy (non-hydrogen) atoms. The van der Waals surface area contributed by atoms with Gasteiger partial charge in [0.05, 0.1) is 14.2 Å². The van der Waals surface area contributed by atoms with Crippen molar-refractivity contribution in [3.63, 3.8) is 0 Å². The molecule has 0 aliphatic heterocycles. The van der Waals surface area contributed by atoms with Crippen LogP contribution in [-0.4, -0.2) is 24.8 Å². The summed E-state index contributed by atoms with van der Waals surface area (Å²) < 4.78 is 12.0. The van der Waals surface area contributed by atoms with Gasteiger partial charge < -0.3 is 14.0 Å². The first-order chi connectivity index (χ1) is 9.56. The smallest absolute Gasteiger partial charge is 0.354 e. The van der Waals surface area contributed by atoms with Crippen LogP contribution in [0.15, 0.2) is 36.5 Å². The van der Waals surface area contributed by atoms with Crippen molar-refractivity contribution < 1.29 is 14.3 Å². The highest BCUT2D eigenvalue weighted by molar-refractivity contribution is 5.90. The van der Waals surface area contributed by atoms with Crippen molar-refractivity contribution in [3.8, 4) is 16.9 Å². The van der Waals surface area contributed by atoms with E-state index in [0.29, 0.717) is 5.69 Å². The van der Waals surface area contributed by atoms with E-state index in [1.165, 1.54) is 7.11 Å². The Hall–Kier alpha value is -2.23. The van der Waals surface area contributed by atoms with Crippen LogP contribution in [0.1, 0.15) is 30.4 Å². The number of nitrogens with zero attached hydrogens (tertiary/aromatic N) is 1. The van der Waals surface area contributed by atoms with Gasteiger partial charge in [0.25, 0.3) is 0 Å². The molecule has 0 fully saturated rings. The molecule has 0 unspecified atom stereocenters. The van der Waals surface area contributed by atoms with E-state index in [2.05, 4.69) is 0 Å². The molecule has 1 heterocycles. The van der Waals surface area contributed by atoms with Gasteiger partial charge in [0, 0.05) is 17.8 Å². The molecule has 1 aromatic carbocycles. The number of aromatic nitrogens is 1. The molecule has 2 rings (SSSR count). The van der Waals surface area contributed by atoms with Gasteiger partial charge in [-0.2, -0.15) is 0 Å². The first-order valence-corrected chi connectivity index (χ1v) is 6.51. The molecule has 0 bridgehead atoms. The average molecular weight is 273 g/mol. The molecule has 1 aromatic heterocycles. The number of hydrogen-bond acceptors (Lipinski definition) is 3. The maximum absolute atomic E-state index is 11.8. The number of methoxy groups -OCH3 is 2. The van der Waals surface area contributed by atoms with E-state index in [0.717, 1.165) is 16.9 Å². The predicted molar refractivity (Wildman–Crippen MR) is 78.1 cm³/mol. The Labute approximate surface area is 118 Å². The summed E-state index contributed by atoms with van der Waals surface area (Å²) in [6, 6.07) is 9.79. The molecule has 0 atom stereocenters. The topological polar surface area (TPSA) is 40.5 Å². The molecule has 0 amide bonds. The van der Waals surface area contributed by atoms with E-state index < -0.39 is 0 Å². The number of rotatable bonds is 4. The normalized spacial score (nSPS) is 10.7. The van der Waals surface area contributed by atoms with Crippen molar-refractivity contribution in [1.29, 1.82) is 0 Å². The number of carbonyl (C=O) groups excluding carboxylic acids is 1. The summed E-state index contributed by atoms with van der Waals surface area (Å²) in [5.41, 5.74) is 2.53. The third-order valence-electron chi connectivity index (χ3n) is 3.20. The van der Waals surface area contributed by atoms with Crippen LogP contribution in [-0.2, 0) is 4.74 Å². The second-order valence-corrected chi connectivity index (χ2v) is 4.84. The lowest BCUT2D eigenvalue weighted by molar-refractivity contribution is 0.0587. The zero-order valence-electron chi connectivity index (χ0n) is 12.2. The maximum Gasteiger partial charge on any atom is 0.354 e. The minimum absolute atomic E-state index is 0.184. The van der Waals surface area contributed by atoms with Gasteiger partial charge in [-0.1, -0.05) is 12.1 Å². The molecule has 0 aliphatic carbocycles. The van der Waals surface area contributed by atoms with Gasteiger partial charge in [0.15, 0.2) is 0 Å². The van der Waals surface area contributed by atoms with Crippen LogP contribution in [0, 0.1) is 0 Å². The van der Waals surface area contributed by atoms with Crippen LogP contribution in [0.3, 0.4) is 0 Å². The van der Waals surface area contributed by atoms with Crippen molar-refractivity contribution in [1.82, 2.24) is 4.57 Å². The van der Waals surface area contributed by atoms with Crippen LogP contribution >= 0.6 is 0 Å². The fraction of sp³-hybridized carbons (Fsp3) is 0.312. The van der Waals surface area contributed by atoms with Crippen molar-refractivity contribution in [2.75, 3.05) is 14.2 Å². The van der Waals surface area contributed by atoms with Crippen molar-refractivity contribution in [2.24, 2.45) is 0 Å². The van der Waals surface area contributed by atoms with Gasteiger partial charge in [-0.05, 0) is 37.6 Å². The summed E-state index contributed by atoms with van der Waals surface area (Å²) >= 11 is 0. The molecule has 2 aromatic rings. The Bertz CT molecular complexity index is 614. The van der Waals surface area contributed by atoms with Crippen molar-refractivity contribution in [2.45, 2.75) is 19.9 Å². The fourth-order valence-corrected chi connectivity index (χ4v) is 2.14. The summed E-state index contributed by atoms with van der Waals surface area (Å²) in [6.45, 7) is 4.06. The Morgan fingerprint density at radius 1 is 1.15 bits per heavy atom. The third kappa shape index (κ3) is 2.69. The van der Waals surface area contributed by atoms with Gasteiger partial charge in [0.1, 0.15) is 11.4 Å². The molecule has 0 saturated heterocycles. The lowest BCUT2D eigenvalue weighted by Gasteiger charge is -2.10. The second kappa shape index (κ2) is 5.82. The van der Waals surface area contributed by atoms with Crippen LogP contribution in [0.5, 0.6) is 5.75 Å². The van der Waals surface area contributed by atoms with E-state index in [4.69, 9.17) is 9.47 Å². The SMILES string of the molecule is COC(=O)c1cc(-c2cccc(OC)c2)cn1C(C)C. The predicted octanol–water partition coefficient (Wildman–Crippen LogP) is 3.53. The summed E-state index contributed by atoms with van der Waals surface area (Å²) in [5.74, 6) is 0.465. The van der Waals surface area contributed by atoms with Crippen LogP contribution < -0.4 is 4.74 Å². The standard InChI is InChI=1S/C16H19NO3/c1-11(2)17-10-13(9-15(17)16(18)20-4)12-6-5-7-14(8-12)19-3/h5-11H,1-4H3. The molecule has 0 saturated carbocycles. The molecular formula is C16H19NO3. The maximum atomic E-state index is 11.8. The van der Waals surface area contributed by atoms with Gasteiger partial charge in [-0.3, -0.25) is 0 Å². The van der Waals surface area contributed by atoms with Crippen LogP contribution in [0.4, 0.5) is 0 Å². The van der Waals surface area contributed by atoms with Crippen LogP contribution in [0.25, 0.3) is 11.1 Å².